The molecule has 0 bridgehead atoms. The molecular weight excluding hydrogens is 562 g/mol. The van der Waals surface area contributed by atoms with E-state index in [-0.39, 0.29) is 11.9 Å². The molecule has 230 valence electrons. The van der Waals surface area contributed by atoms with Gasteiger partial charge in [0.05, 0.1) is 38.3 Å². The topological polar surface area (TPSA) is 83.8 Å². The highest BCUT2D eigenvalue weighted by atomic mass is 32.1. The Morgan fingerprint density at radius 1 is 0.977 bits per heavy atom. The highest BCUT2D eigenvalue weighted by molar-refractivity contribution is 7.09. The van der Waals surface area contributed by atoms with Crippen molar-refractivity contribution in [2.45, 2.75) is 72.1 Å². The molecule has 0 aliphatic carbocycles. The molecule has 4 aromatic rings. The molecule has 0 radical (unpaired) electrons. The van der Waals surface area contributed by atoms with Crippen molar-refractivity contribution in [2.24, 2.45) is 0 Å². The predicted octanol–water partition coefficient (Wildman–Crippen LogP) is 7.47. The molecule has 2 aromatic carbocycles. The number of unbranched alkanes of at least 4 members (excludes halogenated alkanes) is 1. The minimum absolute atomic E-state index is 0.0372. The van der Waals surface area contributed by atoms with E-state index in [9.17, 15) is 4.79 Å². The summed E-state index contributed by atoms with van der Waals surface area (Å²) in [4.78, 5) is 18.4. The van der Waals surface area contributed by atoms with Gasteiger partial charge >= 0.3 is 0 Å². The maximum absolute atomic E-state index is 13.5. The molecule has 8 nitrogen and oxygen atoms in total. The van der Waals surface area contributed by atoms with Gasteiger partial charge in [-0.05, 0) is 74.2 Å². The first-order valence-corrected chi connectivity index (χ1v) is 15.7. The van der Waals surface area contributed by atoms with E-state index in [4.69, 9.17) is 23.9 Å². The fraction of sp³-hybridized carbons (Fsp3) is 0.412. The Morgan fingerprint density at radius 3 is 2.40 bits per heavy atom. The van der Waals surface area contributed by atoms with Crippen molar-refractivity contribution in [3.05, 3.63) is 75.7 Å². The average molecular weight is 606 g/mol. The van der Waals surface area contributed by atoms with E-state index in [0.29, 0.717) is 30.2 Å². The van der Waals surface area contributed by atoms with E-state index in [2.05, 4.69) is 23.7 Å². The molecule has 0 saturated carbocycles. The second kappa shape index (κ2) is 15.5. The van der Waals surface area contributed by atoms with E-state index in [0.717, 1.165) is 71.3 Å². The number of nitrogens with one attached hydrogen (secondary N) is 1. The molecule has 0 aliphatic heterocycles. The first kappa shape index (κ1) is 31.9. The van der Waals surface area contributed by atoms with Gasteiger partial charge in [0.2, 0.25) is 0 Å². The molecule has 43 heavy (non-hydrogen) atoms. The number of ether oxygens (including phenoxy) is 4. The van der Waals surface area contributed by atoms with Crippen LogP contribution >= 0.6 is 11.3 Å². The van der Waals surface area contributed by atoms with Crippen LogP contribution < -0.4 is 24.3 Å². The molecule has 2 aromatic heterocycles. The zero-order valence-electron chi connectivity index (χ0n) is 26.1. The molecule has 1 amide bonds. The lowest BCUT2D eigenvalue weighted by molar-refractivity contribution is 0.0932. The lowest BCUT2D eigenvalue weighted by Crippen LogP contribution is -2.34. The maximum Gasteiger partial charge on any atom is 0.253 e. The van der Waals surface area contributed by atoms with Gasteiger partial charge in [-0.3, -0.25) is 4.79 Å². The van der Waals surface area contributed by atoms with E-state index < -0.39 is 0 Å². The van der Waals surface area contributed by atoms with E-state index in [1.165, 1.54) is 0 Å². The molecule has 0 aliphatic rings. The highest BCUT2D eigenvalue weighted by Gasteiger charge is 2.22. The maximum atomic E-state index is 13.5. The van der Waals surface area contributed by atoms with Crippen LogP contribution in [-0.4, -0.2) is 42.8 Å². The number of hydrogen-bond acceptors (Lipinski definition) is 7. The fourth-order valence-electron chi connectivity index (χ4n) is 5.06. The number of aryl methyl sites for hydroxylation is 1. The Balaban J connectivity index is 1.59. The van der Waals surface area contributed by atoms with Crippen molar-refractivity contribution in [1.82, 2.24) is 14.9 Å². The predicted molar refractivity (Wildman–Crippen MR) is 172 cm³/mol. The van der Waals surface area contributed by atoms with Crippen LogP contribution in [0, 0.1) is 6.92 Å². The van der Waals surface area contributed by atoms with Gasteiger partial charge in [-0.15, -0.1) is 11.3 Å². The molecule has 9 heteroatoms. The van der Waals surface area contributed by atoms with Gasteiger partial charge in [0.1, 0.15) is 23.1 Å². The van der Waals surface area contributed by atoms with Crippen LogP contribution in [-0.2, 0) is 19.6 Å². The number of methoxy groups -OCH3 is 3. The van der Waals surface area contributed by atoms with Gasteiger partial charge in [0, 0.05) is 23.7 Å². The quantitative estimate of drug-likeness (QED) is 0.143. The average Bonchev–Trinajstić information content (AvgIpc) is 3.64. The van der Waals surface area contributed by atoms with Crippen molar-refractivity contribution in [3.8, 4) is 34.4 Å². The lowest BCUT2D eigenvalue weighted by atomic mass is 10.1. The molecule has 1 atom stereocenters. The van der Waals surface area contributed by atoms with Gasteiger partial charge in [-0.1, -0.05) is 32.8 Å². The number of hydrogen-bond donors (Lipinski definition) is 1. The zero-order valence-corrected chi connectivity index (χ0v) is 26.9. The Hall–Kier alpha value is -3.98. The summed E-state index contributed by atoms with van der Waals surface area (Å²) in [6.45, 7) is 7.34. The minimum Gasteiger partial charge on any atom is -0.497 e. The monoisotopic (exact) mass is 605 g/mol. The first-order valence-electron chi connectivity index (χ1n) is 14.8. The van der Waals surface area contributed by atoms with Gasteiger partial charge in [-0.2, -0.15) is 0 Å². The molecule has 0 spiro atoms. The van der Waals surface area contributed by atoms with Crippen molar-refractivity contribution >= 4 is 17.2 Å². The molecular formula is C34H43N3O5S. The summed E-state index contributed by atoms with van der Waals surface area (Å²) in [5.41, 5.74) is 4.45. The van der Waals surface area contributed by atoms with Crippen LogP contribution in [0.2, 0.25) is 0 Å². The summed E-state index contributed by atoms with van der Waals surface area (Å²) in [5, 5.41) is 6.16. The third-order valence-corrected chi connectivity index (χ3v) is 8.48. The number of benzene rings is 2. The zero-order chi connectivity index (χ0) is 30.8. The summed E-state index contributed by atoms with van der Waals surface area (Å²) < 4.78 is 24.3. The number of rotatable bonds is 16. The van der Waals surface area contributed by atoms with Gasteiger partial charge in [0.25, 0.3) is 5.91 Å². The third kappa shape index (κ3) is 8.10. The summed E-state index contributed by atoms with van der Waals surface area (Å²) in [6.07, 6.45) is 4.83. The van der Waals surface area contributed by atoms with Crippen molar-refractivity contribution < 1.29 is 23.7 Å². The fourth-order valence-corrected chi connectivity index (χ4v) is 5.76. The van der Waals surface area contributed by atoms with Crippen molar-refractivity contribution in [3.63, 3.8) is 0 Å². The van der Waals surface area contributed by atoms with Crippen LogP contribution in [0.15, 0.2) is 53.9 Å². The Morgan fingerprint density at radius 2 is 1.72 bits per heavy atom. The molecule has 0 fully saturated rings. The smallest absolute Gasteiger partial charge is 0.253 e. The van der Waals surface area contributed by atoms with Crippen molar-refractivity contribution in [1.29, 1.82) is 0 Å². The number of carbonyl (C=O) groups excluding carboxylic acids is 1. The third-order valence-electron chi connectivity index (χ3n) is 7.65. The van der Waals surface area contributed by atoms with E-state index in [1.807, 2.05) is 60.8 Å². The molecule has 2 heterocycles. The highest BCUT2D eigenvalue weighted by Crippen LogP contribution is 2.31. The summed E-state index contributed by atoms with van der Waals surface area (Å²) in [7, 11) is 4.92. The Kier molecular flexibility index (Phi) is 11.5. The number of aromatic nitrogens is 2. The minimum atomic E-state index is -0.0372. The molecule has 1 N–H and O–H groups in total. The van der Waals surface area contributed by atoms with Gasteiger partial charge in [-0.25, -0.2) is 4.98 Å². The largest absolute Gasteiger partial charge is 0.497 e. The summed E-state index contributed by atoms with van der Waals surface area (Å²) in [5.74, 6) is 2.89. The van der Waals surface area contributed by atoms with E-state index >= 15 is 0 Å². The normalized spacial score (nSPS) is 11.7. The number of carbonyl (C=O) groups is 1. The van der Waals surface area contributed by atoms with E-state index in [1.54, 1.807) is 32.7 Å². The first-order chi connectivity index (χ1) is 20.9. The second-order valence-electron chi connectivity index (χ2n) is 10.4. The van der Waals surface area contributed by atoms with Gasteiger partial charge < -0.3 is 28.8 Å². The number of amides is 1. The number of nitrogens with zero attached hydrogens (tertiary/aromatic N) is 2. The summed E-state index contributed by atoms with van der Waals surface area (Å²) in [6, 6.07) is 15.6. The van der Waals surface area contributed by atoms with Crippen LogP contribution in [0.25, 0.3) is 11.4 Å². The second-order valence-corrected chi connectivity index (χ2v) is 11.4. The standard InChI is InChI=1S/C34H43N3O5S/c1-7-9-10-25(8-2)35-34(38)28-20-30(29-22-43-33(36-29)21-42-27-14-12-26(39-4)13-15-27)37(23(28)3)18-17-24-11-16-31(40-5)32(19-24)41-6/h11-16,19-20,22,25H,7-10,17-18,21H2,1-6H3,(H,35,38). The molecule has 1 unspecified atom stereocenters. The summed E-state index contributed by atoms with van der Waals surface area (Å²) >= 11 is 1.55. The Labute approximate surface area is 259 Å². The lowest BCUT2D eigenvalue weighted by Gasteiger charge is -2.17. The molecule has 4 rings (SSSR count). The number of thiazole rings is 1. The van der Waals surface area contributed by atoms with Crippen LogP contribution in [0.3, 0.4) is 0 Å². The SMILES string of the molecule is CCCCC(CC)NC(=O)c1cc(-c2csc(COc3ccc(OC)cc3)n2)n(CCc2ccc(OC)c(OC)c2)c1C. The van der Waals surface area contributed by atoms with Gasteiger partial charge in [0.15, 0.2) is 11.5 Å². The van der Waals surface area contributed by atoms with Crippen LogP contribution in [0.5, 0.6) is 23.0 Å². The van der Waals surface area contributed by atoms with Crippen LogP contribution in [0.1, 0.15) is 66.2 Å². The van der Waals surface area contributed by atoms with Crippen LogP contribution in [0.4, 0.5) is 0 Å². The van der Waals surface area contributed by atoms with Crippen molar-refractivity contribution in [2.75, 3.05) is 21.3 Å². The Bertz CT molecular complexity index is 1480. The molecule has 0 saturated heterocycles.